The highest BCUT2D eigenvalue weighted by atomic mass is 32.1. The van der Waals surface area contributed by atoms with Crippen LogP contribution >= 0.6 is 12.2 Å². The fourth-order valence-electron chi connectivity index (χ4n) is 5.04. The maximum absolute atomic E-state index is 13.6. The minimum Gasteiger partial charge on any atom is -0.495 e. The van der Waals surface area contributed by atoms with E-state index in [2.05, 4.69) is 51.4 Å². The van der Waals surface area contributed by atoms with Gasteiger partial charge in [0.2, 0.25) is 11.8 Å². The van der Waals surface area contributed by atoms with Crippen molar-refractivity contribution in [2.24, 2.45) is 0 Å². The number of imidazole rings is 1. The number of hydrogen-bond acceptors (Lipinski definition) is 7. The van der Waals surface area contributed by atoms with Crippen LogP contribution in [0.1, 0.15) is 16.8 Å². The molecular weight excluding hydrogens is 555 g/mol. The minimum absolute atomic E-state index is 0.138. The SMILES string of the molecule is COc1ccc(NC(=O)Cc2c(O)n(-c3ccc(F)cc3)c(=S)n2CCc2ccc(CN3CCN(C)CC3)cc2)nc1. The highest BCUT2D eigenvalue weighted by Gasteiger charge is 2.21. The summed E-state index contributed by atoms with van der Waals surface area (Å²) in [5.41, 5.74) is 3.25. The molecule has 2 N–H and O–H groups in total. The van der Waals surface area contributed by atoms with Gasteiger partial charge in [-0.2, -0.15) is 0 Å². The van der Waals surface area contributed by atoms with E-state index in [0.717, 1.165) is 38.3 Å². The number of pyridine rings is 1. The molecule has 4 aromatic rings. The summed E-state index contributed by atoms with van der Waals surface area (Å²) in [7, 11) is 3.69. The molecule has 0 aliphatic carbocycles. The third-order valence-electron chi connectivity index (χ3n) is 7.52. The van der Waals surface area contributed by atoms with E-state index in [1.807, 2.05) is 0 Å². The Labute approximate surface area is 249 Å². The smallest absolute Gasteiger partial charge is 0.231 e. The normalized spacial score (nSPS) is 14.2. The largest absolute Gasteiger partial charge is 0.495 e. The van der Waals surface area contributed by atoms with Gasteiger partial charge in [0.1, 0.15) is 17.4 Å². The molecule has 0 spiro atoms. The highest BCUT2D eigenvalue weighted by Crippen LogP contribution is 2.27. The molecule has 0 atom stereocenters. The van der Waals surface area contributed by atoms with Crippen LogP contribution in [-0.2, 0) is 30.7 Å². The summed E-state index contributed by atoms with van der Waals surface area (Å²) in [6.07, 6.45) is 2.02. The second-order valence-corrected chi connectivity index (χ2v) is 10.8. The molecule has 11 heteroatoms. The van der Waals surface area contributed by atoms with Gasteiger partial charge >= 0.3 is 0 Å². The molecule has 2 aromatic heterocycles. The van der Waals surface area contributed by atoms with Gasteiger partial charge in [-0.3, -0.25) is 14.3 Å². The molecule has 1 aliphatic heterocycles. The maximum atomic E-state index is 13.6. The minimum atomic E-state index is -0.396. The van der Waals surface area contributed by atoms with E-state index in [9.17, 15) is 14.3 Å². The Morgan fingerprint density at radius 1 is 1.02 bits per heavy atom. The Balaban J connectivity index is 1.34. The zero-order valence-corrected chi connectivity index (χ0v) is 24.6. The third kappa shape index (κ3) is 7.04. The number of aromatic hydroxyl groups is 1. The number of aromatic nitrogens is 3. The molecule has 1 aliphatic rings. The lowest BCUT2D eigenvalue weighted by Crippen LogP contribution is -2.43. The molecule has 3 heterocycles. The number of carbonyl (C=O) groups is 1. The molecular formula is C31H35FN6O3S. The summed E-state index contributed by atoms with van der Waals surface area (Å²) in [5, 5.41) is 14.0. The predicted molar refractivity (Wildman–Crippen MR) is 162 cm³/mol. The van der Waals surface area contributed by atoms with E-state index in [4.69, 9.17) is 17.0 Å². The molecule has 0 bridgehead atoms. The van der Waals surface area contributed by atoms with Gasteiger partial charge < -0.3 is 24.6 Å². The van der Waals surface area contributed by atoms with Crippen LogP contribution in [0.25, 0.3) is 5.69 Å². The van der Waals surface area contributed by atoms with E-state index >= 15 is 0 Å². The Bertz CT molecular complexity index is 1560. The van der Waals surface area contributed by atoms with Crippen LogP contribution in [0.2, 0.25) is 0 Å². The molecule has 1 amide bonds. The summed E-state index contributed by atoms with van der Waals surface area (Å²) >= 11 is 5.77. The lowest BCUT2D eigenvalue weighted by molar-refractivity contribution is -0.115. The average Bonchev–Trinajstić information content (AvgIpc) is 3.22. The number of anilines is 1. The van der Waals surface area contributed by atoms with Crippen molar-refractivity contribution in [2.45, 2.75) is 25.9 Å². The summed E-state index contributed by atoms with van der Waals surface area (Å²) < 4.78 is 22.3. The number of nitrogens with one attached hydrogen (secondary N) is 1. The van der Waals surface area contributed by atoms with Crippen LogP contribution < -0.4 is 10.1 Å². The molecule has 0 saturated carbocycles. The number of carbonyl (C=O) groups excluding carboxylic acids is 1. The zero-order valence-electron chi connectivity index (χ0n) is 23.8. The van der Waals surface area contributed by atoms with Crippen molar-refractivity contribution in [3.8, 4) is 17.3 Å². The fraction of sp³-hybridized carbons (Fsp3) is 0.323. The molecule has 5 rings (SSSR count). The van der Waals surface area contributed by atoms with Gasteiger partial charge in [-0.25, -0.2) is 9.37 Å². The number of nitrogens with zero attached hydrogens (tertiary/aromatic N) is 5. The van der Waals surface area contributed by atoms with E-state index in [1.54, 1.807) is 28.8 Å². The summed E-state index contributed by atoms with van der Waals surface area (Å²) in [5.74, 6) is 0.0121. The number of methoxy groups -OCH3 is 1. The standard InChI is InChI=1S/C31H35FN6O3S/c1-35-15-17-36(18-16-35)21-23-5-3-22(4-6-23)13-14-37-27(19-29(39)34-28-12-11-26(41-2)20-33-28)30(40)38(31(37)42)25-9-7-24(32)8-10-25/h3-12,20,40H,13-19,21H2,1-2H3,(H,33,34,39). The second-order valence-electron chi connectivity index (χ2n) is 10.5. The monoisotopic (exact) mass is 590 g/mol. The van der Waals surface area contributed by atoms with Gasteiger partial charge in [0, 0.05) is 39.3 Å². The first kappa shape index (κ1) is 29.4. The lowest BCUT2D eigenvalue weighted by atomic mass is 10.1. The highest BCUT2D eigenvalue weighted by molar-refractivity contribution is 7.71. The van der Waals surface area contributed by atoms with Crippen LogP contribution in [0.3, 0.4) is 0 Å². The number of rotatable bonds is 10. The molecule has 0 unspecified atom stereocenters. The number of ether oxygens (including phenoxy) is 1. The Hall–Kier alpha value is -4.06. The molecule has 42 heavy (non-hydrogen) atoms. The fourth-order valence-corrected chi connectivity index (χ4v) is 5.43. The van der Waals surface area contributed by atoms with Gasteiger partial charge in [0.05, 0.1) is 31.1 Å². The average molecular weight is 591 g/mol. The van der Waals surface area contributed by atoms with Crippen molar-refractivity contribution in [3.05, 3.63) is 94.3 Å². The van der Waals surface area contributed by atoms with Crippen molar-refractivity contribution >= 4 is 23.9 Å². The number of benzene rings is 2. The van der Waals surface area contributed by atoms with E-state index in [-0.39, 0.29) is 18.2 Å². The first-order valence-corrected chi connectivity index (χ1v) is 14.3. The Kier molecular flexibility index (Phi) is 9.31. The van der Waals surface area contributed by atoms with Crippen LogP contribution in [0.15, 0.2) is 66.9 Å². The number of piperazine rings is 1. The Morgan fingerprint density at radius 3 is 2.36 bits per heavy atom. The van der Waals surface area contributed by atoms with Crippen molar-refractivity contribution in [1.29, 1.82) is 0 Å². The summed E-state index contributed by atoms with van der Waals surface area (Å²) in [6.45, 7) is 5.67. The molecule has 0 radical (unpaired) electrons. The van der Waals surface area contributed by atoms with Crippen LogP contribution in [0.4, 0.5) is 10.2 Å². The third-order valence-corrected chi connectivity index (χ3v) is 7.92. The van der Waals surface area contributed by atoms with Crippen LogP contribution in [0.5, 0.6) is 11.6 Å². The van der Waals surface area contributed by atoms with Crippen molar-refractivity contribution < 1.29 is 19.0 Å². The van der Waals surface area contributed by atoms with Gasteiger partial charge in [-0.05, 0) is 73.2 Å². The predicted octanol–water partition coefficient (Wildman–Crippen LogP) is 4.43. The first-order chi connectivity index (χ1) is 20.3. The topological polar surface area (TPSA) is 87.8 Å². The van der Waals surface area contributed by atoms with Gasteiger partial charge in [-0.15, -0.1) is 0 Å². The number of aryl methyl sites for hydroxylation is 1. The summed E-state index contributed by atoms with van der Waals surface area (Å²) in [4.78, 5) is 22.0. The van der Waals surface area contributed by atoms with Crippen molar-refractivity contribution in [1.82, 2.24) is 23.9 Å². The molecule has 9 nitrogen and oxygen atoms in total. The number of hydrogen-bond donors (Lipinski definition) is 2. The van der Waals surface area contributed by atoms with E-state index in [1.165, 1.54) is 35.6 Å². The number of halogens is 1. The maximum Gasteiger partial charge on any atom is 0.231 e. The van der Waals surface area contributed by atoms with E-state index < -0.39 is 5.82 Å². The van der Waals surface area contributed by atoms with Gasteiger partial charge in [-0.1, -0.05) is 24.3 Å². The molecule has 2 aromatic carbocycles. The van der Waals surface area contributed by atoms with Crippen LogP contribution in [0, 0.1) is 10.6 Å². The molecule has 220 valence electrons. The summed E-state index contributed by atoms with van der Waals surface area (Å²) in [6, 6.07) is 17.6. The first-order valence-electron chi connectivity index (χ1n) is 13.9. The van der Waals surface area contributed by atoms with E-state index in [0.29, 0.717) is 40.7 Å². The van der Waals surface area contributed by atoms with Crippen molar-refractivity contribution in [3.63, 3.8) is 0 Å². The van der Waals surface area contributed by atoms with Gasteiger partial charge in [0.15, 0.2) is 4.77 Å². The quantitative estimate of drug-likeness (QED) is 0.264. The van der Waals surface area contributed by atoms with Crippen LogP contribution in [-0.4, -0.2) is 75.3 Å². The van der Waals surface area contributed by atoms with Gasteiger partial charge in [0.25, 0.3) is 0 Å². The molecule has 1 saturated heterocycles. The number of amides is 1. The zero-order chi connectivity index (χ0) is 29.6. The van der Waals surface area contributed by atoms with Crippen molar-refractivity contribution in [2.75, 3.05) is 45.7 Å². The lowest BCUT2D eigenvalue weighted by Gasteiger charge is -2.32. The second kappa shape index (κ2) is 13.3. The molecule has 1 fully saturated rings. The number of likely N-dealkylation sites (N-methyl/N-ethyl adjacent to an activating group) is 1. The Morgan fingerprint density at radius 2 is 1.71 bits per heavy atom.